The maximum Gasteiger partial charge on any atom is 0.256 e. The Bertz CT molecular complexity index is 1180. The first-order chi connectivity index (χ1) is 22.8. The molecule has 4 rings (SSSR count). The first kappa shape index (κ1) is 39.5. The molecule has 2 aromatic carbocycles. The van der Waals surface area contributed by atoms with E-state index >= 15 is 0 Å². The molecule has 2 fully saturated rings. The van der Waals surface area contributed by atoms with E-state index < -0.39 is 61.4 Å². The number of benzene rings is 2. The number of nitrogens with one attached hydrogen (secondary N) is 2. The van der Waals surface area contributed by atoms with Crippen LogP contribution >= 0.6 is 24.4 Å². The van der Waals surface area contributed by atoms with Crippen LogP contribution < -0.4 is 20.1 Å². The Labute approximate surface area is 290 Å². The van der Waals surface area contributed by atoms with Gasteiger partial charge in [0.15, 0.2) is 0 Å². The molecule has 0 amide bonds. The van der Waals surface area contributed by atoms with Gasteiger partial charge in [0.25, 0.3) is 10.3 Å². The summed E-state index contributed by atoms with van der Waals surface area (Å²) in [7, 11) is 0. The van der Waals surface area contributed by atoms with Crippen LogP contribution in [0, 0.1) is 0 Å². The van der Waals surface area contributed by atoms with Crippen LogP contribution in [0.2, 0.25) is 0 Å². The van der Waals surface area contributed by atoms with E-state index in [1.165, 1.54) is 0 Å². The van der Waals surface area contributed by atoms with Gasteiger partial charge in [0, 0.05) is 13.1 Å². The van der Waals surface area contributed by atoms with Crippen LogP contribution in [0.1, 0.15) is 38.8 Å². The molecule has 10 unspecified atom stereocenters. The Hall–Kier alpha value is -2.90. The maximum atomic E-state index is 9.94. The van der Waals surface area contributed by atoms with Crippen LogP contribution in [-0.4, -0.2) is 116 Å². The third-order valence-electron chi connectivity index (χ3n) is 7.39. The molecule has 48 heavy (non-hydrogen) atoms. The molecule has 2 aliphatic heterocycles. The number of aliphatic hydroxyl groups is 6. The number of hydrogen-bond acceptors (Lipinski definition) is 14. The quantitative estimate of drug-likeness (QED) is 0.159. The number of rotatable bonds is 10. The van der Waals surface area contributed by atoms with Crippen molar-refractivity contribution in [2.75, 3.05) is 13.2 Å². The van der Waals surface area contributed by atoms with E-state index in [2.05, 4.69) is 10.6 Å². The highest BCUT2D eigenvalue weighted by molar-refractivity contribution is 7.80. The number of hydrogen-bond donors (Lipinski definition) is 8. The Morgan fingerprint density at radius 2 is 0.917 bits per heavy atom. The van der Waals surface area contributed by atoms with Gasteiger partial charge in [-0.1, -0.05) is 24.3 Å². The second kappa shape index (κ2) is 19.3. The lowest BCUT2D eigenvalue weighted by atomic mass is 10.00. The summed E-state index contributed by atoms with van der Waals surface area (Å²) >= 11 is 9.97. The Kier molecular flexibility index (Phi) is 15.9. The molecule has 2 aromatic rings. The zero-order valence-electron chi connectivity index (χ0n) is 27.2. The highest BCUT2D eigenvalue weighted by Gasteiger charge is 2.44. The molecule has 0 radical (unpaired) electrons. The van der Waals surface area contributed by atoms with Crippen molar-refractivity contribution in [3.05, 3.63) is 59.7 Å². The molecular weight excluding hydrogens is 668 g/mol. The molecule has 2 heterocycles. The lowest BCUT2D eigenvalue weighted by Crippen LogP contribution is -2.58. The van der Waals surface area contributed by atoms with Gasteiger partial charge in [-0.15, -0.1) is 0 Å². The zero-order chi connectivity index (χ0) is 35.4. The van der Waals surface area contributed by atoms with Gasteiger partial charge >= 0.3 is 0 Å². The molecule has 2 saturated heterocycles. The SMILES string of the molecule is CCOC(=S)NCc1ccc(OC2OC(C)C(O)C(O)C2O)cc1.CCOC(=S)NCc1ccc(OC2OC(C)C(O)C(O)C2O)cc1. The molecule has 0 spiro atoms. The van der Waals surface area contributed by atoms with Gasteiger partial charge in [0.05, 0.1) is 25.4 Å². The van der Waals surface area contributed by atoms with Crippen LogP contribution in [-0.2, 0) is 32.0 Å². The van der Waals surface area contributed by atoms with Gasteiger partial charge in [-0.2, -0.15) is 0 Å². The van der Waals surface area contributed by atoms with Crippen molar-refractivity contribution in [3.63, 3.8) is 0 Å². The minimum Gasteiger partial charge on any atom is -0.471 e. The zero-order valence-corrected chi connectivity index (χ0v) is 28.8. The second-order valence-corrected chi connectivity index (χ2v) is 11.8. The van der Waals surface area contributed by atoms with Crippen LogP contribution in [0.25, 0.3) is 0 Å². The Morgan fingerprint density at radius 1 is 0.583 bits per heavy atom. The summed E-state index contributed by atoms with van der Waals surface area (Å²) < 4.78 is 32.2. The number of thiocarbonyl (C=S) groups is 2. The Balaban J connectivity index is 0.000000260. The minimum absolute atomic E-state index is 0.345. The van der Waals surface area contributed by atoms with Crippen LogP contribution in [0.3, 0.4) is 0 Å². The summed E-state index contributed by atoms with van der Waals surface area (Å²) in [6, 6.07) is 14.2. The predicted molar refractivity (Wildman–Crippen MR) is 181 cm³/mol. The smallest absolute Gasteiger partial charge is 0.256 e. The monoisotopic (exact) mass is 714 g/mol. The highest BCUT2D eigenvalue weighted by Crippen LogP contribution is 2.25. The van der Waals surface area contributed by atoms with Crippen molar-refractivity contribution in [1.82, 2.24) is 10.6 Å². The predicted octanol–water partition coefficient (Wildman–Crippen LogP) is 0.608. The molecule has 0 saturated carbocycles. The number of aliphatic hydroxyl groups excluding tert-OH is 6. The van der Waals surface area contributed by atoms with Crippen LogP contribution in [0.4, 0.5) is 0 Å². The van der Waals surface area contributed by atoms with Gasteiger partial charge in [0.1, 0.15) is 48.1 Å². The van der Waals surface area contributed by atoms with Crippen LogP contribution in [0.15, 0.2) is 48.5 Å². The van der Waals surface area contributed by atoms with Crippen molar-refractivity contribution in [3.8, 4) is 11.5 Å². The molecular formula is C32H46N2O12S2. The van der Waals surface area contributed by atoms with E-state index in [1.807, 2.05) is 38.1 Å². The molecule has 8 N–H and O–H groups in total. The van der Waals surface area contributed by atoms with Crippen molar-refractivity contribution in [2.24, 2.45) is 0 Å². The van der Waals surface area contributed by atoms with Gasteiger partial charge in [-0.25, -0.2) is 0 Å². The summed E-state index contributed by atoms with van der Waals surface area (Å²) in [5.74, 6) is 0.956. The lowest BCUT2D eigenvalue weighted by molar-refractivity contribution is -0.268. The normalized spacial score (nSPS) is 29.8. The van der Waals surface area contributed by atoms with Crippen LogP contribution in [0.5, 0.6) is 11.5 Å². The average molecular weight is 715 g/mol. The second-order valence-electron chi connectivity index (χ2n) is 11.0. The van der Waals surface area contributed by atoms with E-state index in [0.717, 1.165) is 11.1 Å². The molecule has 10 atom stereocenters. The Morgan fingerprint density at radius 3 is 1.23 bits per heavy atom. The molecule has 16 heteroatoms. The van der Waals surface area contributed by atoms with E-state index in [1.54, 1.807) is 38.1 Å². The summed E-state index contributed by atoms with van der Waals surface area (Å²) in [6.45, 7) is 8.99. The lowest BCUT2D eigenvalue weighted by Gasteiger charge is -2.38. The maximum absolute atomic E-state index is 9.94. The fourth-order valence-electron chi connectivity index (χ4n) is 4.57. The summed E-state index contributed by atoms with van der Waals surface area (Å²) in [4.78, 5) is 0. The van der Waals surface area contributed by atoms with E-state index in [0.29, 0.717) is 48.2 Å². The van der Waals surface area contributed by atoms with Gasteiger partial charge in [0.2, 0.25) is 12.6 Å². The summed E-state index contributed by atoms with van der Waals surface area (Å²) in [5, 5.41) is 65.4. The molecule has 268 valence electrons. The largest absolute Gasteiger partial charge is 0.471 e. The summed E-state index contributed by atoms with van der Waals surface area (Å²) in [5.41, 5.74) is 1.94. The van der Waals surface area contributed by atoms with Gasteiger partial charge in [-0.05, 0) is 87.5 Å². The highest BCUT2D eigenvalue weighted by atomic mass is 32.1. The van der Waals surface area contributed by atoms with E-state index in [9.17, 15) is 30.6 Å². The average Bonchev–Trinajstić information content (AvgIpc) is 3.07. The first-order valence-electron chi connectivity index (χ1n) is 15.6. The fourth-order valence-corrected chi connectivity index (χ4v) is 4.95. The first-order valence-corrected chi connectivity index (χ1v) is 16.4. The molecule has 0 aliphatic carbocycles. The third kappa shape index (κ3) is 11.6. The summed E-state index contributed by atoms with van der Waals surface area (Å²) in [6.07, 6.45) is -11.0. The fraction of sp³-hybridized carbons (Fsp3) is 0.562. The standard InChI is InChI=1S/2C16H23NO6S/c2*1-3-21-16(24)17-8-10-4-6-11(7-5-10)23-15-14(20)13(19)12(18)9(2)22-15/h2*4-7,9,12-15,18-20H,3,8H2,1-2H3,(H,17,24). The molecule has 14 nitrogen and oxygen atoms in total. The van der Waals surface area contributed by atoms with Crippen molar-refractivity contribution in [2.45, 2.75) is 102 Å². The molecule has 2 aliphatic rings. The molecule has 0 aromatic heterocycles. The van der Waals surface area contributed by atoms with Crippen molar-refractivity contribution >= 4 is 34.8 Å². The van der Waals surface area contributed by atoms with Gasteiger partial charge < -0.3 is 69.7 Å². The van der Waals surface area contributed by atoms with E-state index in [4.69, 9.17) is 52.9 Å². The van der Waals surface area contributed by atoms with Crippen molar-refractivity contribution in [1.29, 1.82) is 0 Å². The molecule has 0 bridgehead atoms. The van der Waals surface area contributed by atoms with Gasteiger partial charge in [-0.3, -0.25) is 0 Å². The van der Waals surface area contributed by atoms with Crippen molar-refractivity contribution < 1.29 is 59.1 Å². The van der Waals surface area contributed by atoms with E-state index in [-0.39, 0.29) is 0 Å². The topological polar surface area (TPSA) is 201 Å². The third-order valence-corrected chi connectivity index (χ3v) is 7.92. The minimum atomic E-state index is -1.33. The number of ether oxygens (including phenoxy) is 6.